The first-order chi connectivity index (χ1) is 7.06. The van der Waals surface area contributed by atoms with E-state index in [9.17, 15) is 4.79 Å². The van der Waals surface area contributed by atoms with Crippen molar-refractivity contribution in [1.82, 2.24) is 0 Å². The Labute approximate surface area is 97.2 Å². The lowest BCUT2D eigenvalue weighted by Gasteiger charge is -2.02. The number of esters is 1. The molecule has 0 unspecified atom stereocenters. The van der Waals surface area contributed by atoms with Crippen molar-refractivity contribution in [2.24, 2.45) is 0 Å². The molecule has 3 nitrogen and oxygen atoms in total. The fourth-order valence-corrected chi connectivity index (χ4v) is 1.61. The zero-order valence-electron chi connectivity index (χ0n) is 8.80. The van der Waals surface area contributed by atoms with Crippen molar-refractivity contribution in [2.75, 3.05) is 6.61 Å². The van der Waals surface area contributed by atoms with Gasteiger partial charge in [-0.1, -0.05) is 12.2 Å². The summed E-state index contributed by atoms with van der Waals surface area (Å²) in [6, 6.07) is 0. The van der Waals surface area contributed by atoms with Crippen molar-refractivity contribution < 1.29 is 13.9 Å². The number of ether oxygens (including phenoxy) is 1. The summed E-state index contributed by atoms with van der Waals surface area (Å²) in [6.45, 7) is 7.80. The van der Waals surface area contributed by atoms with E-state index in [1.165, 1.54) is 6.26 Å². The van der Waals surface area contributed by atoms with Crippen LogP contribution in [0.15, 0.2) is 27.3 Å². The Morgan fingerprint density at radius 1 is 1.67 bits per heavy atom. The van der Waals surface area contributed by atoms with Crippen LogP contribution in [0.1, 0.15) is 30.0 Å². The quantitative estimate of drug-likeness (QED) is 0.624. The zero-order chi connectivity index (χ0) is 11.4. The summed E-state index contributed by atoms with van der Waals surface area (Å²) in [5.41, 5.74) is 1.75. The van der Waals surface area contributed by atoms with Crippen molar-refractivity contribution in [1.29, 1.82) is 0 Å². The lowest BCUT2D eigenvalue weighted by Crippen LogP contribution is -2.06. The lowest BCUT2D eigenvalue weighted by molar-refractivity contribution is 0.0488. The van der Waals surface area contributed by atoms with Gasteiger partial charge in [-0.15, -0.1) is 0 Å². The molecule has 4 heteroatoms. The van der Waals surface area contributed by atoms with Gasteiger partial charge in [0, 0.05) is 5.56 Å². The van der Waals surface area contributed by atoms with Gasteiger partial charge in [-0.2, -0.15) is 0 Å². The normalized spacial score (nSPS) is 10.1. The van der Waals surface area contributed by atoms with Crippen LogP contribution in [0, 0.1) is 0 Å². The van der Waals surface area contributed by atoms with Crippen LogP contribution in [-0.2, 0) is 11.2 Å². The minimum Gasteiger partial charge on any atom is -0.460 e. The third kappa shape index (κ3) is 2.96. The molecule has 0 aliphatic rings. The fraction of sp³-hybridized carbons (Fsp3) is 0.364. The number of allylic oxidation sites excluding steroid dienone is 1. The van der Waals surface area contributed by atoms with Crippen molar-refractivity contribution in [3.63, 3.8) is 0 Å². The highest BCUT2D eigenvalue weighted by molar-refractivity contribution is 9.10. The number of rotatable bonds is 4. The Balaban J connectivity index is 2.97. The minimum atomic E-state index is -0.431. The topological polar surface area (TPSA) is 39.4 Å². The van der Waals surface area contributed by atoms with Crippen LogP contribution in [0.2, 0.25) is 0 Å². The van der Waals surface area contributed by atoms with E-state index in [1.54, 1.807) is 6.92 Å². The van der Waals surface area contributed by atoms with E-state index in [4.69, 9.17) is 9.15 Å². The van der Waals surface area contributed by atoms with Gasteiger partial charge in [-0.3, -0.25) is 0 Å². The second kappa shape index (κ2) is 5.16. The highest BCUT2D eigenvalue weighted by Gasteiger charge is 2.19. The maximum atomic E-state index is 11.5. The third-order valence-electron chi connectivity index (χ3n) is 1.78. The molecular formula is C11H13BrO3. The molecule has 0 saturated carbocycles. The van der Waals surface area contributed by atoms with Crippen molar-refractivity contribution in [3.05, 3.63) is 34.2 Å². The fourth-order valence-electron chi connectivity index (χ4n) is 1.20. The minimum absolute atomic E-state index is 0.256. The first-order valence-corrected chi connectivity index (χ1v) is 5.43. The van der Waals surface area contributed by atoms with Crippen LogP contribution in [0.25, 0.3) is 0 Å². The average Bonchev–Trinajstić information content (AvgIpc) is 2.48. The molecule has 0 atom stereocenters. The maximum absolute atomic E-state index is 11.5. The molecule has 1 rings (SSSR count). The summed E-state index contributed by atoms with van der Waals surface area (Å²) in [6.07, 6.45) is 2.09. The highest BCUT2D eigenvalue weighted by atomic mass is 79.9. The molecule has 0 aliphatic heterocycles. The van der Waals surface area contributed by atoms with Crippen LogP contribution >= 0.6 is 15.9 Å². The molecule has 0 radical (unpaired) electrons. The molecule has 1 aromatic rings. The number of furan rings is 1. The van der Waals surface area contributed by atoms with E-state index in [-0.39, 0.29) is 5.76 Å². The second-order valence-electron chi connectivity index (χ2n) is 3.25. The van der Waals surface area contributed by atoms with Gasteiger partial charge >= 0.3 is 5.97 Å². The molecule has 0 amide bonds. The Kier molecular flexibility index (Phi) is 4.15. The van der Waals surface area contributed by atoms with Gasteiger partial charge < -0.3 is 9.15 Å². The summed E-state index contributed by atoms with van der Waals surface area (Å²) in [5.74, 6) is -0.175. The molecular weight excluding hydrogens is 260 g/mol. The van der Waals surface area contributed by atoms with E-state index >= 15 is 0 Å². The first kappa shape index (κ1) is 12.0. The van der Waals surface area contributed by atoms with Crippen LogP contribution in [0.5, 0.6) is 0 Å². The summed E-state index contributed by atoms with van der Waals surface area (Å²) >= 11 is 3.32. The Morgan fingerprint density at radius 3 is 2.87 bits per heavy atom. The molecule has 1 aromatic heterocycles. The molecule has 0 bridgehead atoms. The molecule has 1 heterocycles. The van der Waals surface area contributed by atoms with E-state index < -0.39 is 5.97 Å². The van der Waals surface area contributed by atoms with E-state index in [0.29, 0.717) is 13.0 Å². The van der Waals surface area contributed by atoms with E-state index in [0.717, 1.165) is 15.6 Å². The number of hydrogen-bond acceptors (Lipinski definition) is 3. The Morgan fingerprint density at radius 2 is 2.33 bits per heavy atom. The van der Waals surface area contributed by atoms with E-state index in [2.05, 4.69) is 22.5 Å². The van der Waals surface area contributed by atoms with Crippen LogP contribution in [0.4, 0.5) is 0 Å². The predicted molar refractivity (Wildman–Crippen MR) is 60.9 cm³/mol. The van der Waals surface area contributed by atoms with Crippen LogP contribution in [0.3, 0.4) is 0 Å². The summed E-state index contributed by atoms with van der Waals surface area (Å²) in [5, 5.41) is 0. The van der Waals surface area contributed by atoms with Gasteiger partial charge in [0.15, 0.2) is 0 Å². The third-order valence-corrected chi connectivity index (χ3v) is 2.45. The SMILES string of the molecule is C=C(C)Cc1c(Br)coc1C(=O)OCC. The Bertz CT molecular complexity index is 379. The molecule has 0 N–H and O–H groups in total. The van der Waals surface area contributed by atoms with Crippen LogP contribution in [-0.4, -0.2) is 12.6 Å². The van der Waals surface area contributed by atoms with Gasteiger partial charge in [0.25, 0.3) is 0 Å². The number of carbonyl (C=O) groups is 1. The van der Waals surface area contributed by atoms with Gasteiger partial charge in [-0.25, -0.2) is 4.79 Å². The van der Waals surface area contributed by atoms with Gasteiger partial charge in [0.2, 0.25) is 5.76 Å². The number of hydrogen-bond donors (Lipinski definition) is 0. The molecule has 15 heavy (non-hydrogen) atoms. The van der Waals surface area contributed by atoms with Gasteiger partial charge in [0.05, 0.1) is 11.1 Å². The smallest absolute Gasteiger partial charge is 0.374 e. The summed E-state index contributed by atoms with van der Waals surface area (Å²) in [4.78, 5) is 11.5. The Hall–Kier alpha value is -1.03. The van der Waals surface area contributed by atoms with Crippen molar-refractivity contribution in [2.45, 2.75) is 20.3 Å². The lowest BCUT2D eigenvalue weighted by atomic mass is 10.1. The number of carbonyl (C=O) groups excluding carboxylic acids is 1. The summed E-state index contributed by atoms with van der Waals surface area (Å²) < 4.78 is 10.8. The van der Waals surface area contributed by atoms with Crippen molar-refractivity contribution >= 4 is 21.9 Å². The molecule has 82 valence electrons. The average molecular weight is 273 g/mol. The second-order valence-corrected chi connectivity index (χ2v) is 4.10. The number of halogens is 1. The van der Waals surface area contributed by atoms with Crippen LogP contribution < -0.4 is 0 Å². The first-order valence-electron chi connectivity index (χ1n) is 4.63. The zero-order valence-corrected chi connectivity index (χ0v) is 10.4. The molecule has 0 saturated heterocycles. The molecule has 0 aliphatic carbocycles. The highest BCUT2D eigenvalue weighted by Crippen LogP contribution is 2.25. The van der Waals surface area contributed by atoms with Gasteiger partial charge in [-0.05, 0) is 36.2 Å². The largest absolute Gasteiger partial charge is 0.460 e. The predicted octanol–water partition coefficient (Wildman–Crippen LogP) is 3.34. The monoisotopic (exact) mass is 272 g/mol. The molecule has 0 aromatic carbocycles. The van der Waals surface area contributed by atoms with Gasteiger partial charge in [0.1, 0.15) is 6.26 Å². The summed E-state index contributed by atoms with van der Waals surface area (Å²) in [7, 11) is 0. The van der Waals surface area contributed by atoms with E-state index in [1.807, 2.05) is 6.92 Å². The molecule has 0 spiro atoms. The standard InChI is InChI=1S/C11H13BrO3/c1-4-14-11(13)10-8(5-7(2)3)9(12)6-15-10/h6H,2,4-5H2,1,3H3. The maximum Gasteiger partial charge on any atom is 0.374 e. The molecule has 0 fully saturated rings. The van der Waals surface area contributed by atoms with Crippen molar-refractivity contribution in [3.8, 4) is 0 Å².